The number of hydrogen-bond acceptors (Lipinski definition) is 4. The molecular weight excluding hydrogens is 402 g/mol. The molecule has 30 heavy (non-hydrogen) atoms. The summed E-state index contributed by atoms with van der Waals surface area (Å²) >= 11 is 6.09. The van der Waals surface area contributed by atoms with Crippen molar-refractivity contribution in [1.82, 2.24) is 15.1 Å². The van der Waals surface area contributed by atoms with Crippen LogP contribution in [-0.2, 0) is 4.79 Å². The van der Waals surface area contributed by atoms with E-state index < -0.39 is 0 Å². The average Bonchev–Trinajstić information content (AvgIpc) is 2.79. The van der Waals surface area contributed by atoms with Crippen molar-refractivity contribution in [1.29, 1.82) is 0 Å². The molecule has 0 unspecified atom stereocenters. The van der Waals surface area contributed by atoms with E-state index in [0.29, 0.717) is 36.0 Å². The highest BCUT2D eigenvalue weighted by atomic mass is 35.5. The zero-order valence-electron chi connectivity index (χ0n) is 17.0. The quantitative estimate of drug-likeness (QED) is 0.690. The first-order chi connectivity index (χ1) is 14.6. The Morgan fingerprint density at radius 2 is 1.77 bits per heavy atom. The Kier molecular flexibility index (Phi) is 7.88. The number of nitrogens with zero attached hydrogens (tertiary/aromatic N) is 2. The molecule has 3 rings (SSSR count). The minimum Gasteiger partial charge on any atom is -0.491 e. The fourth-order valence-corrected chi connectivity index (χ4v) is 3.39. The van der Waals surface area contributed by atoms with E-state index in [1.165, 1.54) is 0 Å². The van der Waals surface area contributed by atoms with Gasteiger partial charge in [-0.05, 0) is 35.9 Å². The van der Waals surface area contributed by atoms with E-state index in [9.17, 15) is 9.59 Å². The number of hydrogen-bond donors (Lipinski definition) is 1. The Labute approximate surface area is 182 Å². The lowest BCUT2D eigenvalue weighted by molar-refractivity contribution is -0.127. The summed E-state index contributed by atoms with van der Waals surface area (Å²) in [5, 5.41) is 3.20. The lowest BCUT2D eigenvalue weighted by atomic mass is 10.1. The van der Waals surface area contributed by atoms with Gasteiger partial charge in [-0.15, -0.1) is 0 Å². The molecule has 2 amide bonds. The van der Waals surface area contributed by atoms with E-state index in [4.69, 9.17) is 16.3 Å². The van der Waals surface area contributed by atoms with Crippen molar-refractivity contribution in [3.8, 4) is 5.75 Å². The van der Waals surface area contributed by atoms with Crippen molar-refractivity contribution in [2.45, 2.75) is 0 Å². The summed E-state index contributed by atoms with van der Waals surface area (Å²) in [6, 6.07) is 14.6. The first kappa shape index (κ1) is 21.9. The van der Waals surface area contributed by atoms with Crippen LogP contribution in [0.3, 0.4) is 0 Å². The molecule has 0 aliphatic carbocycles. The number of nitrogens with one attached hydrogen (secondary N) is 1. The van der Waals surface area contributed by atoms with Crippen LogP contribution in [0, 0.1) is 0 Å². The predicted molar refractivity (Wildman–Crippen MR) is 119 cm³/mol. The van der Waals surface area contributed by atoms with Gasteiger partial charge in [-0.1, -0.05) is 35.9 Å². The van der Waals surface area contributed by atoms with Gasteiger partial charge in [0.2, 0.25) is 5.91 Å². The van der Waals surface area contributed by atoms with Crippen molar-refractivity contribution >= 4 is 29.5 Å². The molecule has 1 fully saturated rings. The fourth-order valence-electron chi connectivity index (χ4n) is 3.20. The van der Waals surface area contributed by atoms with Crippen LogP contribution >= 0.6 is 11.6 Å². The number of carbonyl (C=O) groups is 2. The first-order valence-corrected chi connectivity index (χ1v) is 10.3. The van der Waals surface area contributed by atoms with Crippen LogP contribution in [0.5, 0.6) is 5.75 Å². The second kappa shape index (κ2) is 10.8. The van der Waals surface area contributed by atoms with Gasteiger partial charge in [0.15, 0.2) is 0 Å². The third kappa shape index (κ3) is 6.08. The second-order valence-electron chi connectivity index (χ2n) is 6.98. The third-order valence-electron chi connectivity index (χ3n) is 5.00. The molecule has 158 valence electrons. The van der Waals surface area contributed by atoms with Gasteiger partial charge in [-0.25, -0.2) is 0 Å². The van der Waals surface area contributed by atoms with E-state index in [2.05, 4.69) is 10.2 Å². The first-order valence-electron chi connectivity index (χ1n) is 9.95. The maximum absolute atomic E-state index is 12.5. The van der Waals surface area contributed by atoms with Gasteiger partial charge >= 0.3 is 0 Å². The minimum atomic E-state index is -0.128. The molecule has 1 aliphatic heterocycles. The smallest absolute Gasteiger partial charge is 0.251 e. The van der Waals surface area contributed by atoms with Crippen molar-refractivity contribution < 1.29 is 14.3 Å². The Hall–Kier alpha value is -2.83. The Morgan fingerprint density at radius 3 is 2.43 bits per heavy atom. The predicted octanol–water partition coefficient (Wildman–Crippen LogP) is 2.94. The molecule has 0 aromatic heterocycles. The van der Waals surface area contributed by atoms with Crippen LogP contribution in [0.4, 0.5) is 0 Å². The van der Waals surface area contributed by atoms with Gasteiger partial charge in [0.1, 0.15) is 12.4 Å². The average molecular weight is 428 g/mol. The van der Waals surface area contributed by atoms with Gasteiger partial charge in [0.05, 0.1) is 5.02 Å². The molecule has 0 radical (unpaired) electrons. The number of benzene rings is 2. The molecule has 0 saturated carbocycles. The standard InChI is InChI=1S/C23H26ClN3O3/c1-25-23(29)19-9-6-18(7-10-19)8-11-22(28)27-14-12-26(13-15-27)16-17-30-21-5-3-2-4-20(21)24/h2-11H,12-17H2,1H3,(H,25,29)/b11-8+. The maximum atomic E-state index is 12.5. The number of halogens is 1. The van der Waals surface area contributed by atoms with E-state index in [-0.39, 0.29) is 11.8 Å². The number of carbonyl (C=O) groups excluding carboxylic acids is 2. The molecule has 1 aliphatic rings. The summed E-state index contributed by atoms with van der Waals surface area (Å²) in [4.78, 5) is 28.2. The van der Waals surface area contributed by atoms with Crippen LogP contribution in [-0.4, -0.2) is 68.0 Å². The molecule has 0 bridgehead atoms. The highest BCUT2D eigenvalue weighted by Crippen LogP contribution is 2.22. The fraction of sp³-hybridized carbons (Fsp3) is 0.304. The molecule has 0 atom stereocenters. The topological polar surface area (TPSA) is 61.9 Å². The van der Waals surface area contributed by atoms with Crippen LogP contribution in [0.25, 0.3) is 6.08 Å². The van der Waals surface area contributed by atoms with Crippen LogP contribution in [0.15, 0.2) is 54.6 Å². The van der Waals surface area contributed by atoms with Gasteiger partial charge in [0.25, 0.3) is 5.91 Å². The summed E-state index contributed by atoms with van der Waals surface area (Å²) < 4.78 is 5.74. The molecule has 1 N–H and O–H groups in total. The molecule has 6 nitrogen and oxygen atoms in total. The maximum Gasteiger partial charge on any atom is 0.251 e. The molecule has 7 heteroatoms. The monoisotopic (exact) mass is 427 g/mol. The minimum absolute atomic E-state index is 0.00246. The van der Waals surface area contributed by atoms with Crippen molar-refractivity contribution in [2.24, 2.45) is 0 Å². The highest BCUT2D eigenvalue weighted by molar-refractivity contribution is 6.32. The van der Waals surface area contributed by atoms with E-state index in [1.54, 1.807) is 31.3 Å². The van der Waals surface area contributed by atoms with Gasteiger partial charge < -0.3 is 15.0 Å². The molecule has 2 aromatic carbocycles. The van der Waals surface area contributed by atoms with E-state index in [1.807, 2.05) is 41.3 Å². The number of ether oxygens (including phenoxy) is 1. The number of amides is 2. The summed E-state index contributed by atoms with van der Waals surface area (Å²) in [6.07, 6.45) is 3.37. The Balaban J connectivity index is 1.41. The number of piperazine rings is 1. The van der Waals surface area contributed by atoms with Crippen LogP contribution in [0.2, 0.25) is 5.02 Å². The van der Waals surface area contributed by atoms with E-state index >= 15 is 0 Å². The van der Waals surface area contributed by atoms with Crippen LogP contribution in [0.1, 0.15) is 15.9 Å². The molecular formula is C23H26ClN3O3. The lowest BCUT2D eigenvalue weighted by Gasteiger charge is -2.34. The van der Waals surface area contributed by atoms with Gasteiger partial charge in [-0.2, -0.15) is 0 Å². The number of para-hydroxylation sites is 1. The summed E-state index contributed by atoms with van der Waals surface area (Å²) in [7, 11) is 1.60. The SMILES string of the molecule is CNC(=O)c1ccc(/C=C/C(=O)N2CCN(CCOc3ccccc3Cl)CC2)cc1. The van der Waals surface area contributed by atoms with Gasteiger partial charge in [-0.3, -0.25) is 14.5 Å². The third-order valence-corrected chi connectivity index (χ3v) is 5.32. The Bertz CT molecular complexity index is 891. The zero-order valence-corrected chi connectivity index (χ0v) is 17.8. The van der Waals surface area contributed by atoms with Crippen molar-refractivity contribution in [3.05, 3.63) is 70.8 Å². The zero-order chi connectivity index (χ0) is 21.3. The lowest BCUT2D eigenvalue weighted by Crippen LogP contribution is -2.49. The van der Waals surface area contributed by atoms with Crippen molar-refractivity contribution in [3.63, 3.8) is 0 Å². The largest absolute Gasteiger partial charge is 0.491 e. The second-order valence-corrected chi connectivity index (χ2v) is 7.39. The molecule has 1 saturated heterocycles. The summed E-state index contributed by atoms with van der Waals surface area (Å²) in [5.74, 6) is 0.565. The molecule has 2 aromatic rings. The highest BCUT2D eigenvalue weighted by Gasteiger charge is 2.19. The number of rotatable bonds is 7. The summed E-state index contributed by atoms with van der Waals surface area (Å²) in [5.41, 5.74) is 1.47. The van der Waals surface area contributed by atoms with E-state index in [0.717, 1.165) is 25.2 Å². The Morgan fingerprint density at radius 1 is 1.07 bits per heavy atom. The van der Waals surface area contributed by atoms with Crippen LogP contribution < -0.4 is 10.1 Å². The van der Waals surface area contributed by atoms with Crippen molar-refractivity contribution in [2.75, 3.05) is 46.4 Å². The summed E-state index contributed by atoms with van der Waals surface area (Å²) in [6.45, 7) is 4.35. The molecule has 1 heterocycles. The van der Waals surface area contributed by atoms with Gasteiger partial charge in [0, 0.05) is 51.4 Å². The normalized spacial score (nSPS) is 14.7. The molecule has 0 spiro atoms.